The molecular formula is C3H6N4S. The molecule has 1 aromatic heterocycles. The van der Waals surface area contributed by atoms with Crippen molar-refractivity contribution < 1.29 is 0 Å². The minimum Gasteiger partial charge on any atom is -0.322 e. The van der Waals surface area contributed by atoms with Crippen LogP contribution in [0.3, 0.4) is 0 Å². The number of aromatic nitrogens is 3. The van der Waals surface area contributed by atoms with Crippen LogP contribution < -0.4 is 5.84 Å². The first-order chi connectivity index (χ1) is 3.83. The van der Waals surface area contributed by atoms with Gasteiger partial charge < -0.3 is 5.84 Å². The molecule has 0 aliphatic carbocycles. The van der Waals surface area contributed by atoms with Gasteiger partial charge in [-0.15, -0.1) is 5.10 Å². The molecule has 0 spiro atoms. The van der Waals surface area contributed by atoms with E-state index in [1.54, 1.807) is 0 Å². The van der Waals surface area contributed by atoms with Crippen molar-refractivity contribution in [1.29, 1.82) is 0 Å². The lowest BCUT2D eigenvalue weighted by atomic mass is 11.3. The second kappa shape index (κ2) is 2.04. The molecule has 0 fully saturated rings. The van der Waals surface area contributed by atoms with E-state index in [2.05, 4.69) is 10.1 Å². The zero-order valence-electron chi connectivity index (χ0n) is 4.40. The minimum absolute atomic E-state index is 0.701. The van der Waals surface area contributed by atoms with Crippen molar-refractivity contribution in [2.75, 3.05) is 12.1 Å². The summed E-state index contributed by atoms with van der Waals surface area (Å²) in [5, 5.41) is 4.48. The Kier molecular flexibility index (Phi) is 1.38. The van der Waals surface area contributed by atoms with Crippen molar-refractivity contribution >= 4 is 11.8 Å². The molecular weight excluding hydrogens is 124 g/mol. The van der Waals surface area contributed by atoms with Crippen LogP contribution in [-0.2, 0) is 0 Å². The van der Waals surface area contributed by atoms with Crippen LogP contribution in [0.1, 0.15) is 0 Å². The molecule has 0 amide bonds. The Balaban J connectivity index is 2.84. The third kappa shape index (κ3) is 0.919. The van der Waals surface area contributed by atoms with Crippen LogP contribution in [0.15, 0.2) is 11.5 Å². The molecule has 1 rings (SSSR count). The molecule has 1 aromatic rings. The van der Waals surface area contributed by atoms with E-state index in [1.165, 1.54) is 22.9 Å². The van der Waals surface area contributed by atoms with E-state index in [1.807, 2.05) is 6.26 Å². The van der Waals surface area contributed by atoms with Gasteiger partial charge in [0.05, 0.1) is 0 Å². The highest BCUT2D eigenvalue weighted by Crippen LogP contribution is 2.03. The first kappa shape index (κ1) is 5.43. The van der Waals surface area contributed by atoms with Crippen LogP contribution >= 0.6 is 11.8 Å². The maximum Gasteiger partial charge on any atom is 0.210 e. The van der Waals surface area contributed by atoms with E-state index in [0.717, 1.165) is 0 Å². The molecule has 0 atom stereocenters. The van der Waals surface area contributed by atoms with Gasteiger partial charge in [0.1, 0.15) is 6.33 Å². The van der Waals surface area contributed by atoms with Crippen molar-refractivity contribution in [3.05, 3.63) is 6.33 Å². The summed E-state index contributed by atoms with van der Waals surface area (Å²) in [5.41, 5.74) is 0. The lowest BCUT2D eigenvalue weighted by molar-refractivity contribution is 0.794. The topological polar surface area (TPSA) is 56.7 Å². The molecule has 0 aromatic carbocycles. The number of thioether (sulfide) groups is 1. The highest BCUT2D eigenvalue weighted by Gasteiger charge is 1.91. The predicted octanol–water partition coefficient (Wildman–Crippen LogP) is -0.286. The van der Waals surface area contributed by atoms with E-state index in [0.29, 0.717) is 5.16 Å². The van der Waals surface area contributed by atoms with Gasteiger partial charge in [-0.05, 0) is 6.26 Å². The van der Waals surface area contributed by atoms with Gasteiger partial charge in [0.2, 0.25) is 5.16 Å². The minimum atomic E-state index is 0.701. The van der Waals surface area contributed by atoms with E-state index < -0.39 is 0 Å². The molecule has 2 N–H and O–H groups in total. The Hall–Kier alpha value is -0.710. The van der Waals surface area contributed by atoms with Crippen LogP contribution in [0.25, 0.3) is 0 Å². The summed E-state index contributed by atoms with van der Waals surface area (Å²) in [6.45, 7) is 0. The maximum absolute atomic E-state index is 5.18. The summed E-state index contributed by atoms with van der Waals surface area (Å²) in [5.74, 6) is 5.18. The monoisotopic (exact) mass is 130 g/mol. The average molecular weight is 130 g/mol. The quantitative estimate of drug-likeness (QED) is 0.419. The maximum atomic E-state index is 5.18. The predicted molar refractivity (Wildman–Crippen MR) is 32.0 cm³/mol. The number of nitrogens with zero attached hydrogens (tertiary/aromatic N) is 3. The van der Waals surface area contributed by atoms with Crippen molar-refractivity contribution in [1.82, 2.24) is 14.9 Å². The van der Waals surface area contributed by atoms with Gasteiger partial charge >= 0.3 is 0 Å². The lowest BCUT2D eigenvalue weighted by Crippen LogP contribution is -2.07. The molecule has 0 aliphatic heterocycles. The highest BCUT2D eigenvalue weighted by molar-refractivity contribution is 7.98. The fraction of sp³-hybridized carbons (Fsp3) is 0.333. The van der Waals surface area contributed by atoms with Crippen molar-refractivity contribution in [2.45, 2.75) is 5.16 Å². The third-order valence-corrected chi connectivity index (χ3v) is 1.22. The molecule has 0 unspecified atom stereocenters. The Morgan fingerprint density at radius 2 is 2.62 bits per heavy atom. The zero-order valence-corrected chi connectivity index (χ0v) is 5.22. The standard InChI is InChI=1S/C3H6N4S/c1-8-3-5-2-7(4)6-3/h2H,4H2,1H3. The van der Waals surface area contributed by atoms with Gasteiger partial charge in [0.25, 0.3) is 0 Å². The molecule has 8 heavy (non-hydrogen) atoms. The van der Waals surface area contributed by atoms with Gasteiger partial charge in [-0.3, -0.25) is 0 Å². The first-order valence-corrected chi connectivity index (χ1v) is 3.26. The van der Waals surface area contributed by atoms with E-state index in [-0.39, 0.29) is 0 Å². The van der Waals surface area contributed by atoms with Crippen LogP contribution in [0.4, 0.5) is 0 Å². The number of hydrogen-bond acceptors (Lipinski definition) is 4. The molecule has 1 heterocycles. The number of nitrogen functional groups attached to an aromatic ring is 1. The first-order valence-electron chi connectivity index (χ1n) is 2.03. The summed E-state index contributed by atoms with van der Waals surface area (Å²) in [6, 6.07) is 0. The Labute approximate surface area is 51.1 Å². The van der Waals surface area contributed by atoms with Crippen LogP contribution in [-0.4, -0.2) is 21.1 Å². The van der Waals surface area contributed by atoms with Crippen molar-refractivity contribution in [2.24, 2.45) is 0 Å². The van der Waals surface area contributed by atoms with Crippen molar-refractivity contribution in [3.8, 4) is 0 Å². The average Bonchev–Trinajstić information content (AvgIpc) is 2.14. The van der Waals surface area contributed by atoms with E-state index in [9.17, 15) is 0 Å². The summed E-state index contributed by atoms with van der Waals surface area (Å²) in [6.07, 6.45) is 3.36. The molecule has 0 radical (unpaired) electrons. The van der Waals surface area contributed by atoms with Gasteiger partial charge in [-0.25, -0.2) is 4.98 Å². The fourth-order valence-corrected chi connectivity index (χ4v) is 0.681. The number of nitrogens with two attached hydrogens (primary N) is 1. The SMILES string of the molecule is CSc1ncn(N)n1. The molecule has 5 heteroatoms. The lowest BCUT2D eigenvalue weighted by Gasteiger charge is -1.81. The Bertz CT molecular complexity index is 172. The molecule has 44 valence electrons. The second-order valence-electron chi connectivity index (χ2n) is 1.21. The van der Waals surface area contributed by atoms with Gasteiger partial charge in [0.15, 0.2) is 0 Å². The molecule has 4 nitrogen and oxygen atoms in total. The van der Waals surface area contributed by atoms with Gasteiger partial charge in [-0.1, -0.05) is 11.8 Å². The molecule has 0 saturated carbocycles. The van der Waals surface area contributed by atoms with Crippen molar-refractivity contribution in [3.63, 3.8) is 0 Å². The highest BCUT2D eigenvalue weighted by atomic mass is 32.2. The zero-order chi connectivity index (χ0) is 5.98. The molecule has 0 bridgehead atoms. The van der Waals surface area contributed by atoms with E-state index >= 15 is 0 Å². The normalized spacial score (nSPS) is 9.62. The summed E-state index contributed by atoms with van der Waals surface area (Å²) in [7, 11) is 0. The Morgan fingerprint density at radius 1 is 1.88 bits per heavy atom. The number of hydrogen-bond donors (Lipinski definition) is 1. The van der Waals surface area contributed by atoms with Crippen LogP contribution in [0.2, 0.25) is 0 Å². The van der Waals surface area contributed by atoms with Crippen LogP contribution in [0, 0.1) is 0 Å². The third-order valence-electron chi connectivity index (χ3n) is 0.670. The number of rotatable bonds is 1. The second-order valence-corrected chi connectivity index (χ2v) is 1.98. The van der Waals surface area contributed by atoms with Gasteiger partial charge in [-0.2, -0.15) is 4.79 Å². The molecule has 0 saturated heterocycles. The Morgan fingerprint density at radius 3 is 2.88 bits per heavy atom. The van der Waals surface area contributed by atoms with Gasteiger partial charge in [0, 0.05) is 0 Å². The largest absolute Gasteiger partial charge is 0.322 e. The fourth-order valence-electron chi connectivity index (χ4n) is 0.352. The molecule has 0 aliphatic rings. The summed E-state index contributed by atoms with van der Waals surface area (Å²) >= 11 is 1.47. The van der Waals surface area contributed by atoms with Crippen LogP contribution in [0.5, 0.6) is 0 Å². The summed E-state index contributed by atoms with van der Waals surface area (Å²) in [4.78, 5) is 5.01. The smallest absolute Gasteiger partial charge is 0.210 e. The van der Waals surface area contributed by atoms with E-state index in [4.69, 9.17) is 5.84 Å². The summed E-state index contributed by atoms with van der Waals surface area (Å²) < 4.78 is 0.